The number of halogens is 3. The molecule has 4 rings (SSSR count). The first-order chi connectivity index (χ1) is 18.5. The molecule has 0 aromatic heterocycles. The van der Waals surface area contributed by atoms with Crippen LogP contribution in [0.25, 0.3) is 0 Å². The Balaban J connectivity index is 1.40. The zero-order chi connectivity index (χ0) is 28.2. The third-order valence-corrected chi connectivity index (χ3v) is 8.81. The molecule has 208 valence electrons. The first-order valence-corrected chi connectivity index (χ1v) is 14.3. The predicted molar refractivity (Wildman–Crippen MR) is 144 cm³/mol. The zero-order valence-electron chi connectivity index (χ0n) is 21.7. The quantitative estimate of drug-likeness (QED) is 0.377. The summed E-state index contributed by atoms with van der Waals surface area (Å²) < 4.78 is 68.2. The highest BCUT2D eigenvalue weighted by atomic mass is 32.2. The van der Waals surface area contributed by atoms with E-state index in [1.165, 1.54) is 0 Å². The second-order valence-corrected chi connectivity index (χ2v) is 11.9. The van der Waals surface area contributed by atoms with Crippen LogP contribution < -0.4 is 10.2 Å². The number of rotatable bonds is 9. The summed E-state index contributed by atoms with van der Waals surface area (Å²) in [5.41, 5.74) is 2.35. The Morgan fingerprint density at radius 3 is 2.21 bits per heavy atom. The second-order valence-electron chi connectivity index (χ2n) is 9.59. The van der Waals surface area contributed by atoms with Gasteiger partial charge in [0.1, 0.15) is 0 Å². The van der Waals surface area contributed by atoms with Gasteiger partial charge in [0.2, 0.25) is 0 Å². The summed E-state index contributed by atoms with van der Waals surface area (Å²) >= 11 is 0. The van der Waals surface area contributed by atoms with E-state index in [0.29, 0.717) is 18.7 Å². The van der Waals surface area contributed by atoms with Crippen molar-refractivity contribution in [2.24, 2.45) is 0 Å². The molecular formula is C29H31F3N2O4S. The summed E-state index contributed by atoms with van der Waals surface area (Å²) in [6.07, 6.45) is -3.63. The third-order valence-electron chi connectivity index (χ3n) is 7.06. The Bertz CT molecular complexity index is 1370. The molecule has 6 nitrogen and oxygen atoms in total. The van der Waals surface area contributed by atoms with Crippen LogP contribution in [0.3, 0.4) is 0 Å². The first-order valence-electron chi connectivity index (χ1n) is 12.6. The van der Waals surface area contributed by atoms with Crippen molar-refractivity contribution in [2.75, 3.05) is 30.9 Å². The number of alkyl halides is 3. The van der Waals surface area contributed by atoms with Crippen LogP contribution in [0.2, 0.25) is 0 Å². The van der Waals surface area contributed by atoms with Crippen LogP contribution in [0.5, 0.6) is 0 Å². The van der Waals surface area contributed by atoms with E-state index in [1.807, 2.05) is 12.1 Å². The molecule has 0 bridgehead atoms. The van der Waals surface area contributed by atoms with E-state index in [1.54, 1.807) is 62.6 Å². The average molecular weight is 561 g/mol. The fourth-order valence-corrected chi connectivity index (χ4v) is 5.72. The first kappa shape index (κ1) is 28.6. The fourth-order valence-electron chi connectivity index (χ4n) is 4.84. The molecule has 1 N–H and O–H groups in total. The molecule has 0 radical (unpaired) electrons. The number of hydrogen-bond acceptors (Lipinski definition) is 5. The Labute approximate surface area is 226 Å². The number of ether oxygens (including phenoxy) is 1. The van der Waals surface area contributed by atoms with Gasteiger partial charge in [0.25, 0.3) is 5.91 Å². The summed E-state index contributed by atoms with van der Waals surface area (Å²) in [6, 6.07) is 19.0. The van der Waals surface area contributed by atoms with Crippen molar-refractivity contribution < 1.29 is 31.1 Å². The van der Waals surface area contributed by atoms with Crippen molar-refractivity contribution in [3.63, 3.8) is 0 Å². The number of hydrogen-bond donors (Lipinski definition) is 1. The standard InChI is InChI=1S/C29H31F3N2O4S/c1-3-39(36,37)27-14-4-20(5-15-27)17-33-28(35)22-8-12-25(13-9-22)34-18-23(16-26(34)19-38-2)21-6-10-24(11-7-21)29(30,31)32/h4-15,23,26H,3,16-19H2,1-2H3,(H,33,35)/t23?,26-/m0/s1. The number of carbonyl (C=O) groups excluding carboxylic acids is 1. The van der Waals surface area contributed by atoms with Crippen molar-refractivity contribution in [3.8, 4) is 0 Å². The van der Waals surface area contributed by atoms with Crippen LogP contribution in [0.15, 0.2) is 77.7 Å². The molecule has 3 aromatic rings. The second kappa shape index (κ2) is 11.8. The maximum atomic E-state index is 13.0. The lowest BCUT2D eigenvalue weighted by atomic mass is 9.95. The Kier molecular flexibility index (Phi) is 8.66. The van der Waals surface area contributed by atoms with Gasteiger partial charge in [0.15, 0.2) is 9.84 Å². The SMILES string of the molecule is CCS(=O)(=O)c1ccc(CNC(=O)c2ccc(N3CC(c4ccc(C(F)(F)F)cc4)C[C@H]3COC)cc2)cc1. The van der Waals surface area contributed by atoms with Gasteiger partial charge in [-0.15, -0.1) is 0 Å². The normalized spacial score (nSPS) is 17.8. The molecule has 1 amide bonds. The van der Waals surface area contributed by atoms with Gasteiger partial charge >= 0.3 is 6.18 Å². The third kappa shape index (κ3) is 6.80. The molecular weight excluding hydrogens is 529 g/mol. The number of nitrogens with zero attached hydrogens (tertiary/aromatic N) is 1. The van der Waals surface area contributed by atoms with Gasteiger partial charge in [0, 0.05) is 37.4 Å². The maximum absolute atomic E-state index is 13.0. The molecule has 0 saturated carbocycles. The van der Waals surface area contributed by atoms with Gasteiger partial charge in [-0.1, -0.05) is 31.2 Å². The van der Waals surface area contributed by atoms with Gasteiger partial charge in [-0.25, -0.2) is 8.42 Å². The van der Waals surface area contributed by atoms with Gasteiger partial charge in [0.05, 0.1) is 28.9 Å². The molecule has 1 heterocycles. The van der Waals surface area contributed by atoms with Crippen molar-refractivity contribution in [2.45, 2.75) is 42.9 Å². The minimum atomic E-state index is -4.37. The summed E-state index contributed by atoms with van der Waals surface area (Å²) in [6.45, 7) is 2.93. The Morgan fingerprint density at radius 2 is 1.64 bits per heavy atom. The summed E-state index contributed by atoms with van der Waals surface area (Å²) in [5, 5.41) is 2.85. The molecule has 3 aromatic carbocycles. The number of amides is 1. The molecule has 1 fully saturated rings. The smallest absolute Gasteiger partial charge is 0.383 e. The number of anilines is 1. The molecule has 0 aliphatic carbocycles. The van der Waals surface area contributed by atoms with Crippen LogP contribution in [0.1, 0.15) is 46.3 Å². The van der Waals surface area contributed by atoms with Gasteiger partial charge < -0.3 is 15.0 Å². The van der Waals surface area contributed by atoms with E-state index in [4.69, 9.17) is 4.74 Å². The molecule has 1 saturated heterocycles. The van der Waals surface area contributed by atoms with E-state index in [2.05, 4.69) is 10.2 Å². The van der Waals surface area contributed by atoms with Crippen LogP contribution in [0, 0.1) is 0 Å². The van der Waals surface area contributed by atoms with Crippen molar-refractivity contribution in [3.05, 3.63) is 95.1 Å². The molecule has 2 atom stereocenters. The topological polar surface area (TPSA) is 75.7 Å². The highest BCUT2D eigenvalue weighted by Gasteiger charge is 2.34. The van der Waals surface area contributed by atoms with Crippen LogP contribution >= 0.6 is 0 Å². The molecule has 1 unspecified atom stereocenters. The molecule has 1 aliphatic heterocycles. The van der Waals surface area contributed by atoms with E-state index in [0.717, 1.165) is 35.4 Å². The average Bonchev–Trinajstić information content (AvgIpc) is 3.35. The van der Waals surface area contributed by atoms with Gasteiger partial charge in [-0.05, 0) is 66.1 Å². The highest BCUT2D eigenvalue weighted by Crippen LogP contribution is 2.37. The molecule has 0 spiro atoms. The lowest BCUT2D eigenvalue weighted by Gasteiger charge is -2.26. The summed E-state index contributed by atoms with van der Waals surface area (Å²) in [7, 11) is -1.66. The summed E-state index contributed by atoms with van der Waals surface area (Å²) in [5.74, 6) is -0.184. The Hall–Kier alpha value is -3.37. The number of benzene rings is 3. The van der Waals surface area contributed by atoms with E-state index >= 15 is 0 Å². The van der Waals surface area contributed by atoms with E-state index in [-0.39, 0.29) is 35.1 Å². The summed E-state index contributed by atoms with van der Waals surface area (Å²) in [4.78, 5) is 15.1. The van der Waals surface area contributed by atoms with Crippen LogP contribution in [-0.4, -0.2) is 46.4 Å². The zero-order valence-corrected chi connectivity index (χ0v) is 22.6. The van der Waals surface area contributed by atoms with Crippen molar-refractivity contribution in [1.82, 2.24) is 5.32 Å². The number of methoxy groups -OCH3 is 1. The minimum Gasteiger partial charge on any atom is -0.383 e. The predicted octanol–water partition coefficient (Wildman–Crippen LogP) is 5.44. The minimum absolute atomic E-state index is 0.0262. The highest BCUT2D eigenvalue weighted by molar-refractivity contribution is 7.91. The Morgan fingerprint density at radius 1 is 1.00 bits per heavy atom. The van der Waals surface area contributed by atoms with E-state index in [9.17, 15) is 26.4 Å². The van der Waals surface area contributed by atoms with E-state index < -0.39 is 21.6 Å². The largest absolute Gasteiger partial charge is 0.416 e. The number of sulfone groups is 1. The van der Waals surface area contributed by atoms with Crippen LogP contribution in [-0.2, 0) is 27.3 Å². The van der Waals surface area contributed by atoms with Gasteiger partial charge in [-0.3, -0.25) is 4.79 Å². The molecule has 39 heavy (non-hydrogen) atoms. The molecule has 10 heteroatoms. The van der Waals surface area contributed by atoms with Crippen molar-refractivity contribution >= 4 is 21.4 Å². The monoisotopic (exact) mass is 560 g/mol. The number of carbonyl (C=O) groups is 1. The number of nitrogens with one attached hydrogen (secondary N) is 1. The van der Waals surface area contributed by atoms with Crippen molar-refractivity contribution in [1.29, 1.82) is 0 Å². The lowest BCUT2D eigenvalue weighted by molar-refractivity contribution is -0.137. The molecule has 1 aliphatic rings. The maximum Gasteiger partial charge on any atom is 0.416 e. The van der Waals surface area contributed by atoms with Crippen LogP contribution in [0.4, 0.5) is 18.9 Å². The fraction of sp³-hybridized carbons (Fsp3) is 0.345. The van der Waals surface area contributed by atoms with Gasteiger partial charge in [-0.2, -0.15) is 13.2 Å². The lowest BCUT2D eigenvalue weighted by Crippen LogP contribution is -2.32.